The van der Waals surface area contributed by atoms with Crippen molar-refractivity contribution in [1.82, 2.24) is 8.75 Å². The van der Waals surface area contributed by atoms with Gasteiger partial charge in [0.05, 0.1) is 11.7 Å². The fourth-order valence-electron chi connectivity index (χ4n) is 1.56. The Morgan fingerprint density at radius 1 is 0.789 bits per heavy atom. The molecule has 0 aliphatic rings. The normalized spacial score (nSPS) is 8.84. The fraction of sp³-hybridized carbons (Fsp3) is 0. The largest absolute Gasteiger partial charge is 0.192 e. The Morgan fingerprint density at radius 2 is 1.16 bits per heavy atom. The van der Waals surface area contributed by atoms with Crippen LogP contribution in [-0.2, 0) is 0 Å². The summed E-state index contributed by atoms with van der Waals surface area (Å²) in [6.45, 7) is 0. The Kier molecular flexibility index (Phi) is 3.17. The van der Waals surface area contributed by atoms with E-state index >= 15 is 0 Å². The average Bonchev–Trinajstić information content (AvgIpc) is 2.92. The molecule has 0 spiro atoms. The Morgan fingerprint density at radius 3 is 1.47 bits per heavy atom. The van der Waals surface area contributed by atoms with Crippen LogP contribution in [0.25, 0.3) is 22.2 Å². The van der Waals surface area contributed by atoms with Crippen molar-refractivity contribution in [2.75, 3.05) is 0 Å². The molecular weight excluding hydrogens is 260 g/mol. The molecule has 19 heavy (non-hydrogen) atoms. The molecule has 0 aliphatic carbocycles. The highest BCUT2D eigenvalue weighted by atomic mass is 32.1. The van der Waals surface area contributed by atoms with E-state index in [2.05, 4.69) is 8.75 Å². The van der Waals surface area contributed by atoms with Crippen LogP contribution in [-0.4, -0.2) is 8.75 Å². The zero-order chi connectivity index (χ0) is 13.8. The molecule has 7 heteroatoms. The Bertz CT molecular complexity index is 845. The second kappa shape index (κ2) is 4.94. The maximum absolute atomic E-state index is 8.88. The van der Waals surface area contributed by atoms with Crippen molar-refractivity contribution < 1.29 is 0 Å². The first-order valence-electron chi connectivity index (χ1n) is 4.87. The average molecular weight is 262 g/mol. The summed E-state index contributed by atoms with van der Waals surface area (Å²) < 4.78 is 8.04. The second-order valence-corrected chi connectivity index (χ2v) is 3.85. The summed E-state index contributed by atoms with van der Waals surface area (Å²) in [4.78, 5) is 0. The van der Waals surface area contributed by atoms with Crippen LogP contribution in [0.2, 0.25) is 0 Å². The van der Waals surface area contributed by atoms with E-state index in [1.54, 1.807) is 24.3 Å². The quantitative estimate of drug-likeness (QED) is 0.663. The molecule has 0 fully saturated rings. The van der Waals surface area contributed by atoms with Crippen molar-refractivity contribution in [3.63, 3.8) is 0 Å². The number of hydrogen-bond donors (Lipinski definition) is 0. The minimum absolute atomic E-state index is 0.0836. The van der Waals surface area contributed by atoms with E-state index in [9.17, 15) is 0 Å². The minimum atomic E-state index is -0.0836. The SMILES string of the molecule is N#CC(C#N)=c1ccc(=C(C#N)C#N)c2nsnc12. The van der Waals surface area contributed by atoms with Gasteiger partial charge >= 0.3 is 0 Å². The highest BCUT2D eigenvalue weighted by Gasteiger charge is 2.08. The van der Waals surface area contributed by atoms with Gasteiger partial charge in [0.2, 0.25) is 0 Å². The summed E-state index contributed by atoms with van der Waals surface area (Å²) >= 11 is 0.894. The van der Waals surface area contributed by atoms with Crippen LogP contribution < -0.4 is 10.4 Å². The molecule has 6 nitrogen and oxygen atoms in total. The smallest absolute Gasteiger partial charge is 0.139 e. The Balaban J connectivity index is 3.15. The van der Waals surface area contributed by atoms with Crippen LogP contribution in [0.1, 0.15) is 0 Å². The van der Waals surface area contributed by atoms with Gasteiger partial charge in [-0.2, -0.15) is 29.8 Å². The lowest BCUT2D eigenvalue weighted by atomic mass is 10.1. The van der Waals surface area contributed by atoms with Gasteiger partial charge in [0.25, 0.3) is 0 Å². The number of hydrogen-bond acceptors (Lipinski definition) is 7. The summed E-state index contributed by atoms with van der Waals surface area (Å²) in [5, 5.41) is 36.2. The fourth-order valence-corrected chi connectivity index (χ4v) is 2.13. The van der Waals surface area contributed by atoms with Gasteiger partial charge < -0.3 is 0 Å². The van der Waals surface area contributed by atoms with E-state index in [1.165, 1.54) is 12.1 Å². The summed E-state index contributed by atoms with van der Waals surface area (Å²) in [5.41, 5.74) is 0.534. The molecule has 0 aliphatic heterocycles. The molecular formula is C12H2N6S. The molecule has 0 amide bonds. The zero-order valence-corrected chi connectivity index (χ0v) is 10.1. The van der Waals surface area contributed by atoms with E-state index in [-0.39, 0.29) is 11.1 Å². The highest BCUT2D eigenvalue weighted by molar-refractivity contribution is 7.00. The summed E-state index contributed by atoms with van der Waals surface area (Å²) in [7, 11) is 0. The molecule has 1 aromatic carbocycles. The molecule has 86 valence electrons. The molecule has 0 N–H and O–H groups in total. The van der Waals surface area contributed by atoms with Crippen molar-refractivity contribution in [2.45, 2.75) is 0 Å². The monoisotopic (exact) mass is 262 g/mol. The van der Waals surface area contributed by atoms with Crippen molar-refractivity contribution in [3.05, 3.63) is 22.6 Å². The third kappa shape index (κ3) is 1.87. The molecule has 2 rings (SSSR count). The molecule has 0 saturated heterocycles. The van der Waals surface area contributed by atoms with E-state index < -0.39 is 0 Å². The zero-order valence-electron chi connectivity index (χ0n) is 9.25. The first-order chi connectivity index (χ1) is 9.26. The Hall–Kier alpha value is -3.26. The third-order valence-electron chi connectivity index (χ3n) is 2.40. The van der Waals surface area contributed by atoms with E-state index in [0.29, 0.717) is 21.5 Å². The molecule has 0 saturated carbocycles. The number of nitriles is 4. The number of rotatable bonds is 0. The maximum Gasteiger partial charge on any atom is 0.139 e. The van der Waals surface area contributed by atoms with Crippen LogP contribution in [0.4, 0.5) is 0 Å². The van der Waals surface area contributed by atoms with Gasteiger partial charge in [-0.25, -0.2) is 0 Å². The first-order valence-corrected chi connectivity index (χ1v) is 5.60. The standard InChI is InChI=1S/C12H2N6S/c13-3-7(4-14)9-1-2-10(8(5-15)6-16)12-11(9)17-19-18-12/h1-2H. The molecule has 1 heterocycles. The summed E-state index contributed by atoms with van der Waals surface area (Å²) in [5.74, 6) is 0. The number of aromatic nitrogens is 2. The second-order valence-electron chi connectivity index (χ2n) is 3.32. The summed E-state index contributed by atoms with van der Waals surface area (Å²) in [6, 6.07) is 10.1. The van der Waals surface area contributed by atoms with Crippen LogP contribution in [0.3, 0.4) is 0 Å². The van der Waals surface area contributed by atoms with Crippen LogP contribution in [0.15, 0.2) is 12.1 Å². The number of fused-ring (bicyclic) bond motifs is 1. The van der Waals surface area contributed by atoms with Gasteiger partial charge in [0.1, 0.15) is 46.5 Å². The summed E-state index contributed by atoms with van der Waals surface area (Å²) in [6.07, 6.45) is 0. The molecule has 0 unspecified atom stereocenters. The lowest BCUT2D eigenvalue weighted by molar-refractivity contribution is 1.47. The van der Waals surface area contributed by atoms with Gasteiger partial charge in [-0.15, -0.1) is 0 Å². The van der Waals surface area contributed by atoms with Crippen molar-refractivity contribution >= 4 is 33.9 Å². The molecule has 0 radical (unpaired) electrons. The van der Waals surface area contributed by atoms with Crippen LogP contribution in [0, 0.1) is 45.3 Å². The lowest BCUT2D eigenvalue weighted by Gasteiger charge is -1.92. The molecule has 0 bridgehead atoms. The van der Waals surface area contributed by atoms with Gasteiger partial charge in [-0.1, -0.05) is 0 Å². The van der Waals surface area contributed by atoms with Gasteiger partial charge in [-0.3, -0.25) is 0 Å². The van der Waals surface area contributed by atoms with Gasteiger partial charge in [0, 0.05) is 10.4 Å². The van der Waals surface area contributed by atoms with Crippen LogP contribution in [0.5, 0.6) is 0 Å². The molecule has 0 atom stereocenters. The van der Waals surface area contributed by atoms with Crippen LogP contribution >= 0.6 is 11.7 Å². The van der Waals surface area contributed by atoms with Gasteiger partial charge in [-0.05, 0) is 12.1 Å². The maximum atomic E-state index is 8.88. The predicted octanol–water partition coefficient (Wildman–Crippen LogP) is 0.0870. The molecule has 1 aromatic heterocycles. The predicted molar refractivity (Wildman–Crippen MR) is 65.9 cm³/mol. The van der Waals surface area contributed by atoms with Crippen molar-refractivity contribution in [3.8, 4) is 24.3 Å². The van der Waals surface area contributed by atoms with Crippen molar-refractivity contribution in [1.29, 1.82) is 21.0 Å². The topological polar surface area (TPSA) is 121 Å². The van der Waals surface area contributed by atoms with E-state index in [0.717, 1.165) is 11.7 Å². The first kappa shape index (κ1) is 12.2. The van der Waals surface area contributed by atoms with E-state index in [1.807, 2.05) is 0 Å². The van der Waals surface area contributed by atoms with E-state index in [4.69, 9.17) is 21.0 Å². The van der Waals surface area contributed by atoms with Crippen molar-refractivity contribution in [2.24, 2.45) is 0 Å². The lowest BCUT2D eigenvalue weighted by Crippen LogP contribution is -2.15. The third-order valence-corrected chi connectivity index (χ3v) is 2.93. The number of benzene rings is 1. The number of nitrogens with zero attached hydrogens (tertiary/aromatic N) is 6. The molecule has 2 aromatic rings. The Labute approximate surface area is 111 Å². The van der Waals surface area contributed by atoms with Gasteiger partial charge in [0.15, 0.2) is 0 Å². The minimum Gasteiger partial charge on any atom is -0.192 e. The highest BCUT2D eigenvalue weighted by Crippen LogP contribution is 2.04.